The van der Waals surface area contributed by atoms with E-state index in [4.69, 9.17) is 5.73 Å². The van der Waals surface area contributed by atoms with Gasteiger partial charge in [-0.05, 0) is 0 Å². The topological polar surface area (TPSA) is 38.9 Å². The van der Waals surface area contributed by atoms with Crippen LogP contribution < -0.4 is 5.73 Å². The Hall–Kier alpha value is -0.271. The molecule has 3 heteroatoms. The monoisotopic (exact) mass is 202 g/mol. The van der Waals surface area contributed by atoms with Gasteiger partial charge in [0.15, 0.2) is 0 Å². The number of aromatic nitrogens is 1. The molecule has 1 heterocycles. The van der Waals surface area contributed by atoms with Gasteiger partial charge < -0.3 is 0 Å². The average Bonchev–Trinajstić information content (AvgIpc) is 2.27. The van der Waals surface area contributed by atoms with Crippen LogP contribution in [-0.2, 0) is 12.8 Å². The summed E-state index contributed by atoms with van der Waals surface area (Å²) in [5, 5.41) is 0. The number of hydrogen-bond acceptors (Lipinski definition) is 2. The second kappa shape index (κ2) is 2.40. The predicted octanol–water partition coefficient (Wildman–Crippen LogP) is 0.600. The molecule has 2 N–H and O–H groups in total. The second-order valence-electron chi connectivity index (χ2n) is 2.63. The van der Waals surface area contributed by atoms with Crippen LogP contribution in [0.1, 0.15) is 23.0 Å². The summed E-state index contributed by atoms with van der Waals surface area (Å²) in [5.41, 5.74) is 6.95. The van der Waals surface area contributed by atoms with Crippen molar-refractivity contribution in [3.05, 3.63) is 10.1 Å². The number of anilines is 1. The van der Waals surface area contributed by atoms with E-state index < -0.39 is 0 Å². The van der Waals surface area contributed by atoms with E-state index in [-0.39, 0.29) is 0 Å². The molecule has 0 aliphatic heterocycles. The van der Waals surface area contributed by atoms with E-state index in [1.165, 1.54) is 31.4 Å². The summed E-state index contributed by atoms with van der Waals surface area (Å²) >= 11 is 0.426. The molecule has 10 heavy (non-hydrogen) atoms. The summed E-state index contributed by atoms with van der Waals surface area (Å²) in [5.74, 6) is 0. The molecule has 2 nitrogen and oxygen atoms in total. The summed E-state index contributed by atoms with van der Waals surface area (Å²) in [6.07, 6.45) is 5.10. The summed E-state index contributed by atoms with van der Waals surface area (Å²) < 4.78 is 2.45. The minimum atomic E-state index is 0.426. The van der Waals surface area contributed by atoms with Gasteiger partial charge in [0.2, 0.25) is 0 Å². The number of fused-ring (bicyclic) bond motifs is 1. The first-order valence-electron chi connectivity index (χ1n) is 3.60. The zero-order chi connectivity index (χ0) is 6.97. The first kappa shape index (κ1) is 6.44. The van der Waals surface area contributed by atoms with E-state index in [0.29, 0.717) is 14.5 Å². The van der Waals surface area contributed by atoms with Crippen LogP contribution in [0.2, 0.25) is 0 Å². The van der Waals surface area contributed by atoms with Crippen LogP contribution in [-0.4, -0.2) is 19.5 Å². The molecule has 0 spiro atoms. The summed E-state index contributed by atoms with van der Waals surface area (Å²) in [6.45, 7) is 0. The molecule has 0 radical (unpaired) electrons. The number of nitrogen functional groups attached to an aromatic ring is 1. The molecule has 1 aliphatic carbocycles. The number of nitrogens with two attached hydrogens (primary N) is 1. The van der Waals surface area contributed by atoms with Crippen molar-refractivity contribution in [2.45, 2.75) is 25.7 Å². The third-order valence-electron chi connectivity index (χ3n) is 1.86. The van der Waals surface area contributed by atoms with Gasteiger partial charge in [-0.25, -0.2) is 0 Å². The average molecular weight is 201 g/mol. The molecule has 1 aromatic rings. The van der Waals surface area contributed by atoms with Crippen molar-refractivity contribution in [1.82, 2.24) is 4.98 Å². The number of hydrogen-bond donors (Lipinski definition) is 1. The fourth-order valence-corrected chi connectivity index (χ4v) is 3.30. The summed E-state index contributed by atoms with van der Waals surface area (Å²) in [4.78, 5) is 4.31. The quantitative estimate of drug-likeness (QED) is 0.624. The third-order valence-corrected chi connectivity index (χ3v) is 3.93. The fourth-order valence-electron chi connectivity index (χ4n) is 1.37. The van der Waals surface area contributed by atoms with Crippen LogP contribution in [0.4, 0.5) is 4.69 Å². The predicted molar refractivity (Wildman–Crippen MR) is 42.2 cm³/mol. The van der Waals surface area contributed by atoms with Crippen molar-refractivity contribution in [3.63, 3.8) is 0 Å². The molecule has 2 rings (SSSR count). The zero-order valence-corrected chi connectivity index (χ0v) is 7.47. The Morgan fingerprint density at radius 2 is 2.10 bits per heavy atom. The van der Waals surface area contributed by atoms with Crippen molar-refractivity contribution < 1.29 is 0 Å². The Morgan fingerprint density at radius 1 is 1.30 bits per heavy atom. The molecule has 0 saturated heterocycles. The molecule has 0 amide bonds. The van der Waals surface area contributed by atoms with E-state index in [1.54, 1.807) is 4.44 Å². The normalized spacial score (nSPS) is 16.8. The van der Waals surface area contributed by atoms with Crippen LogP contribution in [0, 0.1) is 0 Å². The van der Waals surface area contributed by atoms with Crippen LogP contribution in [0.5, 0.6) is 0 Å². The second-order valence-corrected chi connectivity index (χ2v) is 4.97. The van der Waals surface area contributed by atoms with E-state index in [1.807, 2.05) is 0 Å². The number of nitrogens with zero attached hydrogens (tertiary/aromatic N) is 1. The first-order valence-corrected chi connectivity index (χ1v) is 5.31. The van der Waals surface area contributed by atoms with Crippen LogP contribution >= 0.6 is 0 Å². The molecule has 0 atom stereocenters. The molecule has 0 fully saturated rings. The molecule has 0 aromatic carbocycles. The van der Waals surface area contributed by atoms with E-state index >= 15 is 0 Å². The van der Waals surface area contributed by atoms with Crippen molar-refractivity contribution in [1.29, 1.82) is 0 Å². The number of rotatable bonds is 0. The third kappa shape index (κ3) is 0.998. The van der Waals surface area contributed by atoms with Gasteiger partial charge in [-0.2, -0.15) is 0 Å². The van der Waals surface area contributed by atoms with Crippen molar-refractivity contribution in [2.75, 3.05) is 5.73 Å². The molecule has 0 unspecified atom stereocenters. The van der Waals surface area contributed by atoms with Crippen LogP contribution in [0.15, 0.2) is 0 Å². The van der Waals surface area contributed by atoms with Gasteiger partial charge >= 0.3 is 65.7 Å². The molecule has 1 aliphatic rings. The van der Waals surface area contributed by atoms with Gasteiger partial charge in [-0.15, -0.1) is 0 Å². The molecule has 0 bridgehead atoms. The van der Waals surface area contributed by atoms with Crippen molar-refractivity contribution in [2.24, 2.45) is 0 Å². The van der Waals surface area contributed by atoms with E-state index in [0.717, 1.165) is 4.69 Å². The maximum atomic E-state index is 5.63. The standard InChI is InChI=1S/C7H10N2Se/c8-7-9-5-3-1-2-4-6(5)10-7/h1-4H2,(H2,8,9). The fraction of sp³-hybridized carbons (Fsp3) is 0.571. The Morgan fingerprint density at radius 3 is 2.90 bits per heavy atom. The van der Waals surface area contributed by atoms with Crippen LogP contribution in [0.25, 0.3) is 0 Å². The van der Waals surface area contributed by atoms with Gasteiger partial charge in [0, 0.05) is 0 Å². The first-order chi connectivity index (χ1) is 4.86. The van der Waals surface area contributed by atoms with E-state index in [2.05, 4.69) is 4.98 Å². The Balaban J connectivity index is 2.41. The van der Waals surface area contributed by atoms with Gasteiger partial charge in [0.25, 0.3) is 0 Å². The molecule has 1 aromatic heterocycles. The van der Waals surface area contributed by atoms with Crippen LogP contribution in [0.3, 0.4) is 0 Å². The van der Waals surface area contributed by atoms with Gasteiger partial charge in [0.1, 0.15) is 0 Å². The Bertz CT molecular complexity index is 218. The van der Waals surface area contributed by atoms with Gasteiger partial charge in [0.05, 0.1) is 0 Å². The van der Waals surface area contributed by atoms with Gasteiger partial charge in [-0.3, -0.25) is 0 Å². The molecular formula is C7H10N2Se. The van der Waals surface area contributed by atoms with E-state index in [9.17, 15) is 0 Å². The summed E-state index contributed by atoms with van der Waals surface area (Å²) in [7, 11) is 0. The molecule has 54 valence electrons. The SMILES string of the molecule is Nc1nc2c([se]1)CCCC2. The summed E-state index contributed by atoms with van der Waals surface area (Å²) in [6, 6.07) is 0. The maximum absolute atomic E-state index is 5.63. The minimum absolute atomic E-state index is 0.426. The molecule has 0 saturated carbocycles. The van der Waals surface area contributed by atoms with Crippen molar-refractivity contribution in [3.8, 4) is 0 Å². The Kier molecular flexibility index (Phi) is 1.55. The van der Waals surface area contributed by atoms with Crippen molar-refractivity contribution >= 4 is 19.2 Å². The molecular weight excluding hydrogens is 191 g/mol. The van der Waals surface area contributed by atoms with Gasteiger partial charge in [-0.1, -0.05) is 0 Å². The zero-order valence-electron chi connectivity index (χ0n) is 5.76. The number of aryl methyl sites for hydroxylation is 2. The Labute approximate surface area is 66.2 Å².